The summed E-state index contributed by atoms with van der Waals surface area (Å²) in [5, 5.41) is 11.4. The minimum atomic E-state index is -1.19. The zero-order valence-electron chi connectivity index (χ0n) is 11.9. The van der Waals surface area contributed by atoms with Crippen LogP contribution in [0.2, 0.25) is 0 Å². The van der Waals surface area contributed by atoms with Crippen molar-refractivity contribution in [3.8, 4) is 0 Å². The quantitative estimate of drug-likeness (QED) is 0.890. The van der Waals surface area contributed by atoms with Gasteiger partial charge in [0.15, 0.2) is 0 Å². The number of anilines is 1. The van der Waals surface area contributed by atoms with Crippen molar-refractivity contribution < 1.29 is 19.1 Å². The van der Waals surface area contributed by atoms with Crippen molar-refractivity contribution in [2.75, 3.05) is 5.32 Å². The number of aromatic carboxylic acids is 1. The van der Waals surface area contributed by atoms with E-state index in [-0.39, 0.29) is 23.1 Å². The second-order valence-electron chi connectivity index (χ2n) is 5.53. The van der Waals surface area contributed by atoms with Crippen LogP contribution in [0.3, 0.4) is 0 Å². The van der Waals surface area contributed by atoms with E-state index in [4.69, 9.17) is 5.11 Å². The van der Waals surface area contributed by atoms with Crippen LogP contribution in [-0.2, 0) is 4.79 Å². The summed E-state index contributed by atoms with van der Waals surface area (Å²) in [4.78, 5) is 23.0. The molecule has 5 heteroatoms. The number of nitrogens with one attached hydrogen (secondary N) is 1. The van der Waals surface area contributed by atoms with Crippen LogP contribution in [0.5, 0.6) is 0 Å². The lowest BCUT2D eigenvalue weighted by molar-refractivity contribution is -0.120. The van der Waals surface area contributed by atoms with Crippen LogP contribution < -0.4 is 5.32 Å². The van der Waals surface area contributed by atoms with E-state index in [0.717, 1.165) is 44.6 Å². The Morgan fingerprint density at radius 3 is 2.29 bits per heavy atom. The third-order valence-corrected chi connectivity index (χ3v) is 3.95. The summed E-state index contributed by atoms with van der Waals surface area (Å²) in [6.45, 7) is 0. The molecule has 1 aromatic carbocycles. The van der Waals surface area contributed by atoms with Gasteiger partial charge in [-0.3, -0.25) is 4.79 Å². The fraction of sp³-hybridized carbons (Fsp3) is 0.500. The third-order valence-electron chi connectivity index (χ3n) is 3.95. The molecule has 0 spiro atoms. The summed E-state index contributed by atoms with van der Waals surface area (Å²) in [6, 6.07) is 3.52. The first-order chi connectivity index (χ1) is 10.1. The lowest BCUT2D eigenvalue weighted by Gasteiger charge is -2.19. The first-order valence-corrected chi connectivity index (χ1v) is 7.41. The smallest absolute Gasteiger partial charge is 0.335 e. The highest BCUT2D eigenvalue weighted by molar-refractivity contribution is 5.94. The Morgan fingerprint density at radius 1 is 1.10 bits per heavy atom. The van der Waals surface area contributed by atoms with E-state index in [1.54, 1.807) is 0 Å². The van der Waals surface area contributed by atoms with Crippen molar-refractivity contribution >= 4 is 17.6 Å². The zero-order chi connectivity index (χ0) is 15.2. The predicted molar refractivity (Wildman–Crippen MR) is 77.8 cm³/mol. The number of carbonyl (C=O) groups excluding carboxylic acids is 1. The van der Waals surface area contributed by atoms with Crippen LogP contribution in [0.4, 0.5) is 10.1 Å². The van der Waals surface area contributed by atoms with Crippen molar-refractivity contribution in [3.05, 3.63) is 29.6 Å². The number of benzene rings is 1. The van der Waals surface area contributed by atoms with Gasteiger partial charge in [0, 0.05) is 5.92 Å². The minimum absolute atomic E-state index is 0.0482. The van der Waals surface area contributed by atoms with Gasteiger partial charge in [-0.25, -0.2) is 9.18 Å². The average molecular weight is 293 g/mol. The molecule has 2 N–H and O–H groups in total. The van der Waals surface area contributed by atoms with Gasteiger partial charge in [-0.05, 0) is 31.0 Å². The molecule has 1 amide bonds. The van der Waals surface area contributed by atoms with Crippen molar-refractivity contribution in [2.24, 2.45) is 5.92 Å². The average Bonchev–Trinajstić information content (AvgIpc) is 2.40. The van der Waals surface area contributed by atoms with Crippen molar-refractivity contribution in [1.82, 2.24) is 0 Å². The molecule has 21 heavy (non-hydrogen) atoms. The number of rotatable bonds is 3. The Labute approximate surface area is 123 Å². The van der Waals surface area contributed by atoms with E-state index in [1.165, 1.54) is 18.6 Å². The van der Waals surface area contributed by atoms with Crippen molar-refractivity contribution in [2.45, 2.75) is 44.9 Å². The molecule has 4 nitrogen and oxygen atoms in total. The molecule has 0 aliphatic heterocycles. The van der Waals surface area contributed by atoms with Gasteiger partial charge in [-0.2, -0.15) is 0 Å². The van der Waals surface area contributed by atoms with Gasteiger partial charge in [0.1, 0.15) is 5.82 Å². The van der Waals surface area contributed by atoms with E-state index >= 15 is 0 Å². The topological polar surface area (TPSA) is 66.4 Å². The first-order valence-electron chi connectivity index (χ1n) is 7.41. The van der Waals surface area contributed by atoms with E-state index in [1.807, 2.05) is 0 Å². The third kappa shape index (κ3) is 4.28. The van der Waals surface area contributed by atoms with Gasteiger partial charge in [0.05, 0.1) is 11.3 Å². The highest BCUT2D eigenvalue weighted by atomic mass is 19.1. The van der Waals surface area contributed by atoms with Crippen LogP contribution in [0.1, 0.15) is 55.3 Å². The molecule has 114 valence electrons. The van der Waals surface area contributed by atoms with E-state index in [2.05, 4.69) is 5.32 Å². The second-order valence-corrected chi connectivity index (χ2v) is 5.53. The number of carboxylic acid groups (broad SMARTS) is 1. The summed E-state index contributed by atoms with van der Waals surface area (Å²) in [7, 11) is 0. The predicted octanol–water partition coefficient (Wildman–Crippen LogP) is 3.82. The number of amides is 1. The molecule has 1 aromatic rings. The highest BCUT2D eigenvalue weighted by Gasteiger charge is 2.20. The molecular weight excluding hydrogens is 273 g/mol. The largest absolute Gasteiger partial charge is 0.478 e. The monoisotopic (exact) mass is 293 g/mol. The van der Waals surface area contributed by atoms with Crippen LogP contribution in [0.15, 0.2) is 18.2 Å². The maximum Gasteiger partial charge on any atom is 0.335 e. The Morgan fingerprint density at radius 2 is 1.71 bits per heavy atom. The molecule has 0 radical (unpaired) electrons. The molecule has 0 saturated heterocycles. The van der Waals surface area contributed by atoms with Gasteiger partial charge in [-0.1, -0.05) is 32.1 Å². The summed E-state index contributed by atoms with van der Waals surface area (Å²) >= 11 is 0. The standard InChI is InChI=1S/C16H20FNO3/c17-13-10-12(16(20)21)8-9-14(13)18-15(19)11-6-4-2-1-3-5-7-11/h8-11H,1-7H2,(H,18,19)(H,20,21). The fourth-order valence-electron chi connectivity index (χ4n) is 2.70. The summed E-state index contributed by atoms with van der Waals surface area (Å²) in [5.41, 5.74) is -0.0801. The van der Waals surface area contributed by atoms with Gasteiger partial charge >= 0.3 is 5.97 Å². The number of hydrogen-bond acceptors (Lipinski definition) is 2. The van der Waals surface area contributed by atoms with E-state index < -0.39 is 11.8 Å². The van der Waals surface area contributed by atoms with Gasteiger partial charge in [-0.15, -0.1) is 0 Å². The first kappa shape index (κ1) is 15.5. The molecule has 1 saturated carbocycles. The van der Waals surface area contributed by atoms with Crippen LogP contribution in [0, 0.1) is 11.7 Å². The molecule has 1 fully saturated rings. The molecule has 0 aromatic heterocycles. The van der Waals surface area contributed by atoms with Crippen LogP contribution in [-0.4, -0.2) is 17.0 Å². The maximum absolute atomic E-state index is 13.8. The highest BCUT2D eigenvalue weighted by Crippen LogP contribution is 2.24. The lowest BCUT2D eigenvalue weighted by Crippen LogP contribution is -2.24. The zero-order valence-corrected chi connectivity index (χ0v) is 11.9. The second kappa shape index (κ2) is 7.20. The summed E-state index contributed by atoms with van der Waals surface area (Å²) < 4.78 is 13.8. The van der Waals surface area contributed by atoms with Crippen molar-refractivity contribution in [3.63, 3.8) is 0 Å². The molecule has 0 unspecified atom stereocenters. The fourth-order valence-corrected chi connectivity index (χ4v) is 2.70. The number of halogens is 1. The Balaban J connectivity index is 2.02. The van der Waals surface area contributed by atoms with Crippen LogP contribution in [0.25, 0.3) is 0 Å². The molecule has 0 bridgehead atoms. The van der Waals surface area contributed by atoms with E-state index in [9.17, 15) is 14.0 Å². The maximum atomic E-state index is 13.8. The van der Waals surface area contributed by atoms with Gasteiger partial charge in [0.2, 0.25) is 5.91 Å². The number of carbonyl (C=O) groups is 2. The summed E-state index contributed by atoms with van der Waals surface area (Å²) in [6.07, 6.45) is 7.23. The Hall–Kier alpha value is -1.91. The molecule has 1 aliphatic carbocycles. The van der Waals surface area contributed by atoms with Gasteiger partial charge in [0.25, 0.3) is 0 Å². The molecule has 2 rings (SSSR count). The van der Waals surface area contributed by atoms with Crippen LogP contribution >= 0.6 is 0 Å². The molecule has 0 heterocycles. The molecule has 0 atom stereocenters. The lowest BCUT2D eigenvalue weighted by atomic mass is 9.90. The minimum Gasteiger partial charge on any atom is -0.478 e. The SMILES string of the molecule is O=C(O)c1ccc(NC(=O)C2CCCCCCC2)c(F)c1. The van der Waals surface area contributed by atoms with Gasteiger partial charge < -0.3 is 10.4 Å². The number of hydrogen-bond donors (Lipinski definition) is 2. The van der Waals surface area contributed by atoms with Crippen molar-refractivity contribution in [1.29, 1.82) is 0 Å². The Bertz CT molecular complexity index is 522. The molecule has 1 aliphatic rings. The molecular formula is C16H20FNO3. The summed E-state index contributed by atoms with van der Waals surface area (Å²) in [5.74, 6) is -2.15. The normalized spacial score (nSPS) is 16.8. The Kier molecular flexibility index (Phi) is 5.31. The number of carboxylic acids is 1. The van der Waals surface area contributed by atoms with E-state index in [0.29, 0.717) is 0 Å².